The minimum Gasteiger partial charge on any atom is -0.395 e. The number of β-amino-alcohol motifs (C(OH)–C–C–N with tert-alkyl or cyclic N) is 1. The lowest BCUT2D eigenvalue weighted by Crippen LogP contribution is -2.47. The van der Waals surface area contributed by atoms with Gasteiger partial charge in [-0.25, -0.2) is 0 Å². The Morgan fingerprint density at radius 3 is 2.58 bits per heavy atom. The van der Waals surface area contributed by atoms with Gasteiger partial charge < -0.3 is 15.7 Å². The highest BCUT2D eigenvalue weighted by atomic mass is 79.9. The Labute approximate surface area is 127 Å². The molecule has 0 aliphatic carbocycles. The first kappa shape index (κ1) is 14.7. The van der Waals surface area contributed by atoms with Crippen molar-refractivity contribution in [2.24, 2.45) is 5.73 Å². The summed E-state index contributed by atoms with van der Waals surface area (Å²) in [5, 5.41) is 8.96. The van der Waals surface area contributed by atoms with E-state index in [1.807, 2.05) is 12.1 Å². The largest absolute Gasteiger partial charge is 0.395 e. The zero-order valence-corrected chi connectivity index (χ0v) is 13.1. The fraction of sp³-hybridized carbons (Fsp3) is 0.462. The minimum atomic E-state index is 0.217. The number of halogens is 1. The van der Waals surface area contributed by atoms with Crippen molar-refractivity contribution < 1.29 is 5.11 Å². The molecule has 0 spiro atoms. The normalized spacial score (nSPS) is 16.6. The van der Waals surface area contributed by atoms with Gasteiger partial charge in [0.2, 0.25) is 0 Å². The Morgan fingerprint density at radius 2 is 2.00 bits per heavy atom. The van der Waals surface area contributed by atoms with E-state index in [0.29, 0.717) is 4.99 Å². The first-order chi connectivity index (χ1) is 9.13. The smallest absolute Gasteiger partial charge is 0.107 e. The van der Waals surface area contributed by atoms with Crippen molar-refractivity contribution in [1.82, 2.24) is 4.90 Å². The van der Waals surface area contributed by atoms with Crippen LogP contribution in [0.5, 0.6) is 0 Å². The molecule has 0 saturated carbocycles. The van der Waals surface area contributed by atoms with Crippen LogP contribution in [0.2, 0.25) is 0 Å². The van der Waals surface area contributed by atoms with Crippen LogP contribution in [0.25, 0.3) is 0 Å². The molecule has 0 unspecified atom stereocenters. The number of aliphatic hydroxyl groups is 1. The van der Waals surface area contributed by atoms with Crippen LogP contribution in [-0.4, -0.2) is 54.3 Å². The second-order valence-corrected chi connectivity index (χ2v) is 5.84. The van der Waals surface area contributed by atoms with Crippen LogP contribution in [-0.2, 0) is 0 Å². The topological polar surface area (TPSA) is 52.7 Å². The summed E-state index contributed by atoms with van der Waals surface area (Å²) in [7, 11) is 0. The van der Waals surface area contributed by atoms with Crippen molar-refractivity contribution >= 4 is 38.8 Å². The van der Waals surface area contributed by atoms with Crippen molar-refractivity contribution in [3.8, 4) is 0 Å². The standard InChI is InChI=1S/C13H18BrN3OS/c14-10-2-1-3-11(12(10)13(15)19)17-6-4-16(5-7-17)8-9-18/h1-3,18H,4-9H2,(H2,15,19). The van der Waals surface area contributed by atoms with Crippen LogP contribution in [0.3, 0.4) is 0 Å². The number of nitrogens with two attached hydrogens (primary N) is 1. The number of aliphatic hydroxyl groups excluding tert-OH is 1. The van der Waals surface area contributed by atoms with Crippen LogP contribution in [0.15, 0.2) is 22.7 Å². The summed E-state index contributed by atoms with van der Waals surface area (Å²) in [6.45, 7) is 4.70. The highest BCUT2D eigenvalue weighted by molar-refractivity contribution is 9.10. The summed E-state index contributed by atoms with van der Waals surface area (Å²) in [6.07, 6.45) is 0. The molecule has 0 atom stereocenters. The Kier molecular flexibility index (Phi) is 5.15. The second kappa shape index (κ2) is 6.65. The maximum Gasteiger partial charge on any atom is 0.107 e. The number of thiocarbonyl (C=S) groups is 1. The monoisotopic (exact) mass is 343 g/mol. The number of rotatable bonds is 4. The van der Waals surface area contributed by atoms with Gasteiger partial charge in [-0.15, -0.1) is 0 Å². The van der Waals surface area contributed by atoms with E-state index in [-0.39, 0.29) is 6.61 Å². The molecule has 19 heavy (non-hydrogen) atoms. The van der Waals surface area contributed by atoms with Gasteiger partial charge >= 0.3 is 0 Å². The fourth-order valence-corrected chi connectivity index (χ4v) is 3.29. The van der Waals surface area contributed by atoms with Gasteiger partial charge in [0.15, 0.2) is 0 Å². The maximum absolute atomic E-state index is 8.96. The Bertz CT molecular complexity index is 461. The van der Waals surface area contributed by atoms with Gasteiger partial charge in [0, 0.05) is 48.4 Å². The molecule has 1 aromatic rings. The molecule has 2 rings (SSSR count). The molecule has 1 saturated heterocycles. The van der Waals surface area contributed by atoms with Crippen LogP contribution in [0.1, 0.15) is 5.56 Å². The summed E-state index contributed by atoms with van der Waals surface area (Å²) in [5.41, 5.74) is 7.83. The van der Waals surface area contributed by atoms with E-state index < -0.39 is 0 Å². The average molecular weight is 344 g/mol. The second-order valence-electron chi connectivity index (χ2n) is 4.55. The first-order valence-corrected chi connectivity index (χ1v) is 7.50. The highest BCUT2D eigenvalue weighted by Gasteiger charge is 2.20. The quantitative estimate of drug-likeness (QED) is 0.804. The molecule has 1 fully saturated rings. The molecule has 1 aliphatic heterocycles. The Morgan fingerprint density at radius 1 is 1.32 bits per heavy atom. The summed E-state index contributed by atoms with van der Waals surface area (Å²) < 4.78 is 0.940. The van der Waals surface area contributed by atoms with Gasteiger partial charge in [-0.3, -0.25) is 4.90 Å². The number of nitrogens with zero attached hydrogens (tertiary/aromatic N) is 2. The number of anilines is 1. The van der Waals surface area contributed by atoms with E-state index in [2.05, 4.69) is 31.8 Å². The number of benzene rings is 1. The van der Waals surface area contributed by atoms with Crippen molar-refractivity contribution in [2.75, 3.05) is 44.2 Å². The third-order valence-electron chi connectivity index (χ3n) is 3.37. The van der Waals surface area contributed by atoms with Crippen molar-refractivity contribution in [3.05, 3.63) is 28.2 Å². The lowest BCUT2D eigenvalue weighted by atomic mass is 10.1. The van der Waals surface area contributed by atoms with E-state index in [1.165, 1.54) is 0 Å². The SMILES string of the molecule is NC(=S)c1c(Br)cccc1N1CCN(CCO)CC1. The zero-order valence-electron chi connectivity index (χ0n) is 10.7. The van der Waals surface area contributed by atoms with Gasteiger partial charge in [0.1, 0.15) is 4.99 Å². The molecule has 0 aromatic heterocycles. The molecular weight excluding hydrogens is 326 g/mol. The molecule has 0 bridgehead atoms. The number of hydrogen-bond acceptors (Lipinski definition) is 4. The van der Waals surface area contributed by atoms with Gasteiger partial charge in [-0.05, 0) is 28.1 Å². The zero-order chi connectivity index (χ0) is 13.8. The number of piperazine rings is 1. The lowest BCUT2D eigenvalue weighted by Gasteiger charge is -2.36. The predicted molar refractivity (Wildman–Crippen MR) is 85.8 cm³/mol. The van der Waals surface area contributed by atoms with E-state index in [1.54, 1.807) is 0 Å². The molecular formula is C13H18BrN3OS. The summed E-state index contributed by atoms with van der Waals surface area (Å²) in [4.78, 5) is 4.97. The van der Waals surface area contributed by atoms with E-state index in [9.17, 15) is 0 Å². The first-order valence-electron chi connectivity index (χ1n) is 6.30. The van der Waals surface area contributed by atoms with E-state index in [0.717, 1.165) is 48.4 Å². The molecule has 1 aliphatic rings. The van der Waals surface area contributed by atoms with E-state index >= 15 is 0 Å². The molecule has 4 nitrogen and oxygen atoms in total. The molecule has 104 valence electrons. The molecule has 1 heterocycles. The van der Waals surface area contributed by atoms with Crippen molar-refractivity contribution in [2.45, 2.75) is 0 Å². The Hall–Kier alpha value is -0.690. The molecule has 1 aromatic carbocycles. The van der Waals surface area contributed by atoms with Crippen molar-refractivity contribution in [3.63, 3.8) is 0 Å². The molecule has 0 amide bonds. The Balaban J connectivity index is 2.15. The number of hydrogen-bond donors (Lipinski definition) is 2. The van der Waals surface area contributed by atoms with Gasteiger partial charge in [0.25, 0.3) is 0 Å². The minimum absolute atomic E-state index is 0.217. The van der Waals surface area contributed by atoms with E-state index in [4.69, 9.17) is 23.1 Å². The third-order valence-corrected chi connectivity index (χ3v) is 4.23. The predicted octanol–water partition coefficient (Wildman–Crippen LogP) is 1.20. The van der Waals surface area contributed by atoms with Crippen LogP contribution < -0.4 is 10.6 Å². The van der Waals surface area contributed by atoms with Crippen LogP contribution in [0.4, 0.5) is 5.69 Å². The summed E-state index contributed by atoms with van der Waals surface area (Å²) in [5.74, 6) is 0. The summed E-state index contributed by atoms with van der Waals surface area (Å²) in [6, 6.07) is 6.02. The average Bonchev–Trinajstić information content (AvgIpc) is 2.39. The lowest BCUT2D eigenvalue weighted by molar-refractivity contribution is 0.189. The van der Waals surface area contributed by atoms with Crippen LogP contribution >= 0.6 is 28.1 Å². The van der Waals surface area contributed by atoms with Gasteiger partial charge in [0.05, 0.1) is 6.61 Å². The highest BCUT2D eigenvalue weighted by Crippen LogP contribution is 2.28. The molecule has 6 heteroatoms. The van der Waals surface area contributed by atoms with Crippen LogP contribution in [0, 0.1) is 0 Å². The maximum atomic E-state index is 8.96. The molecule has 0 radical (unpaired) electrons. The fourth-order valence-electron chi connectivity index (χ4n) is 2.37. The molecule has 3 N–H and O–H groups in total. The third kappa shape index (κ3) is 3.45. The van der Waals surface area contributed by atoms with Gasteiger partial charge in [-0.1, -0.05) is 18.3 Å². The summed E-state index contributed by atoms with van der Waals surface area (Å²) >= 11 is 8.66. The van der Waals surface area contributed by atoms with Crippen molar-refractivity contribution in [1.29, 1.82) is 0 Å². The van der Waals surface area contributed by atoms with Gasteiger partial charge in [-0.2, -0.15) is 0 Å².